The van der Waals surface area contributed by atoms with Crippen LogP contribution in [0.5, 0.6) is 0 Å². The van der Waals surface area contributed by atoms with Crippen LogP contribution in [0.25, 0.3) is 0 Å². The Hall–Kier alpha value is -1.77. The molecule has 0 heterocycles. The van der Waals surface area contributed by atoms with E-state index in [1.165, 1.54) is 25.7 Å². The van der Waals surface area contributed by atoms with Crippen LogP contribution in [0.2, 0.25) is 0 Å². The number of hydrogen-bond donors (Lipinski definition) is 1. The third-order valence-electron chi connectivity index (χ3n) is 3.98. The van der Waals surface area contributed by atoms with E-state index in [2.05, 4.69) is 60.8 Å². The summed E-state index contributed by atoms with van der Waals surface area (Å²) in [5, 5.41) is 2.70. The molecule has 0 unspecified atom stereocenters. The number of allylic oxidation sites excluding steroid dienone is 8. The maximum absolute atomic E-state index is 11.2. The number of hydrogen-bond acceptors (Lipinski definition) is 2. The number of amides is 1. The van der Waals surface area contributed by atoms with Crippen molar-refractivity contribution in [2.45, 2.75) is 84.5 Å². The topological polar surface area (TPSA) is 38.3 Å². The van der Waals surface area contributed by atoms with Crippen molar-refractivity contribution in [2.24, 2.45) is 0 Å². The lowest BCUT2D eigenvalue weighted by Gasteiger charge is -2.04. The number of unbranched alkanes of at least 4 members (excludes halogenated alkanes) is 5. The standard InChI is InChI=1S/C24H41NO2/c1-3-5-6-7-8-9-10-11-12-13-14-15-16-17-18-19-20-21-23-27-24(26)25-22-4-2/h8-9,11-12,14-15,17-18H,3-7,10,13,16,19-23H2,1-2H3,(H,25,26)/b9-8-,12-11-,15-14-,18-17-. The number of carbonyl (C=O) groups is 1. The quantitative estimate of drug-likeness (QED) is 0.214. The van der Waals surface area contributed by atoms with Gasteiger partial charge in [-0.2, -0.15) is 0 Å². The van der Waals surface area contributed by atoms with Gasteiger partial charge in [0.05, 0.1) is 6.61 Å². The number of rotatable bonds is 17. The van der Waals surface area contributed by atoms with Gasteiger partial charge in [-0.25, -0.2) is 4.79 Å². The normalized spacial score (nSPS) is 12.1. The minimum absolute atomic E-state index is 0.297. The Morgan fingerprint density at radius 1 is 0.704 bits per heavy atom. The van der Waals surface area contributed by atoms with E-state index in [-0.39, 0.29) is 6.09 Å². The Labute approximate surface area is 167 Å². The van der Waals surface area contributed by atoms with Crippen molar-refractivity contribution >= 4 is 6.09 Å². The third-order valence-corrected chi connectivity index (χ3v) is 3.98. The highest BCUT2D eigenvalue weighted by Gasteiger charge is 1.98. The van der Waals surface area contributed by atoms with Gasteiger partial charge >= 0.3 is 6.09 Å². The van der Waals surface area contributed by atoms with E-state index in [9.17, 15) is 4.79 Å². The van der Waals surface area contributed by atoms with Crippen LogP contribution in [0.15, 0.2) is 48.6 Å². The summed E-state index contributed by atoms with van der Waals surface area (Å²) in [5.74, 6) is 0. The maximum Gasteiger partial charge on any atom is 0.407 e. The van der Waals surface area contributed by atoms with Gasteiger partial charge in [-0.05, 0) is 57.8 Å². The molecule has 3 nitrogen and oxygen atoms in total. The zero-order chi connectivity index (χ0) is 19.8. The van der Waals surface area contributed by atoms with Gasteiger partial charge < -0.3 is 10.1 Å². The zero-order valence-electron chi connectivity index (χ0n) is 17.6. The molecule has 0 aliphatic heterocycles. The smallest absolute Gasteiger partial charge is 0.407 e. The van der Waals surface area contributed by atoms with E-state index < -0.39 is 0 Å². The van der Waals surface area contributed by atoms with Crippen molar-refractivity contribution in [1.82, 2.24) is 5.32 Å². The SMILES string of the molecule is CCCCC/C=C\C/C=C\C/C=C\C/C=C\CCCCOC(=O)NCCC. The molecule has 0 saturated heterocycles. The molecule has 0 fully saturated rings. The van der Waals surface area contributed by atoms with Gasteiger partial charge in [-0.1, -0.05) is 75.3 Å². The first kappa shape index (κ1) is 25.2. The van der Waals surface area contributed by atoms with Crippen molar-refractivity contribution in [1.29, 1.82) is 0 Å². The summed E-state index contributed by atoms with van der Waals surface area (Å²) in [6, 6.07) is 0. The van der Waals surface area contributed by atoms with Crippen molar-refractivity contribution in [2.75, 3.05) is 13.2 Å². The van der Waals surface area contributed by atoms with Crippen LogP contribution in [0.1, 0.15) is 84.5 Å². The highest BCUT2D eigenvalue weighted by molar-refractivity contribution is 5.66. The Bertz CT molecular complexity index is 436. The molecule has 3 heteroatoms. The Kier molecular flexibility index (Phi) is 20.8. The predicted molar refractivity (Wildman–Crippen MR) is 118 cm³/mol. The van der Waals surface area contributed by atoms with Gasteiger partial charge in [-0.15, -0.1) is 0 Å². The van der Waals surface area contributed by atoms with Crippen LogP contribution < -0.4 is 5.32 Å². The molecule has 0 aromatic heterocycles. The molecule has 0 aliphatic carbocycles. The summed E-state index contributed by atoms with van der Waals surface area (Å²) in [5.41, 5.74) is 0. The summed E-state index contributed by atoms with van der Waals surface area (Å²) >= 11 is 0. The fourth-order valence-electron chi connectivity index (χ4n) is 2.37. The summed E-state index contributed by atoms with van der Waals surface area (Å²) in [6.07, 6.45) is 29.7. The molecule has 27 heavy (non-hydrogen) atoms. The molecule has 0 saturated carbocycles. The highest BCUT2D eigenvalue weighted by atomic mass is 16.5. The maximum atomic E-state index is 11.2. The van der Waals surface area contributed by atoms with Gasteiger partial charge in [0.25, 0.3) is 0 Å². The van der Waals surface area contributed by atoms with Crippen LogP contribution in [0.3, 0.4) is 0 Å². The molecule has 0 aromatic carbocycles. The molecule has 0 rings (SSSR count). The van der Waals surface area contributed by atoms with Gasteiger partial charge in [0.15, 0.2) is 0 Å². The predicted octanol–water partition coefficient (Wildman–Crippen LogP) is 7.27. The van der Waals surface area contributed by atoms with Gasteiger partial charge in [0.2, 0.25) is 0 Å². The lowest BCUT2D eigenvalue weighted by atomic mass is 10.2. The first-order valence-corrected chi connectivity index (χ1v) is 10.8. The van der Waals surface area contributed by atoms with E-state index in [0.717, 1.165) is 44.9 Å². The van der Waals surface area contributed by atoms with Gasteiger partial charge in [-0.3, -0.25) is 0 Å². The van der Waals surface area contributed by atoms with E-state index in [4.69, 9.17) is 4.74 Å². The fourth-order valence-corrected chi connectivity index (χ4v) is 2.37. The average molecular weight is 376 g/mol. The second-order valence-electron chi connectivity index (χ2n) is 6.65. The van der Waals surface area contributed by atoms with Gasteiger partial charge in [0, 0.05) is 6.54 Å². The highest BCUT2D eigenvalue weighted by Crippen LogP contribution is 2.01. The van der Waals surface area contributed by atoms with Gasteiger partial charge in [0.1, 0.15) is 0 Å². The van der Waals surface area contributed by atoms with Crippen LogP contribution >= 0.6 is 0 Å². The molecule has 1 amide bonds. The Balaban J connectivity index is 3.40. The monoisotopic (exact) mass is 375 g/mol. The number of ether oxygens (including phenoxy) is 1. The van der Waals surface area contributed by atoms with E-state index >= 15 is 0 Å². The molecule has 0 atom stereocenters. The van der Waals surface area contributed by atoms with Crippen molar-refractivity contribution in [3.05, 3.63) is 48.6 Å². The largest absolute Gasteiger partial charge is 0.450 e. The molecule has 1 N–H and O–H groups in total. The average Bonchev–Trinajstić information content (AvgIpc) is 2.68. The summed E-state index contributed by atoms with van der Waals surface area (Å²) < 4.78 is 5.08. The summed E-state index contributed by atoms with van der Waals surface area (Å²) in [7, 11) is 0. The van der Waals surface area contributed by atoms with Crippen LogP contribution in [0, 0.1) is 0 Å². The molecule has 0 bridgehead atoms. The van der Waals surface area contributed by atoms with Crippen molar-refractivity contribution in [3.8, 4) is 0 Å². The second kappa shape index (κ2) is 22.3. The van der Waals surface area contributed by atoms with Crippen LogP contribution in [-0.2, 0) is 4.74 Å². The van der Waals surface area contributed by atoms with E-state index in [1.807, 2.05) is 6.92 Å². The van der Waals surface area contributed by atoms with Crippen molar-refractivity contribution in [3.63, 3.8) is 0 Å². The number of carbonyl (C=O) groups excluding carboxylic acids is 1. The summed E-state index contributed by atoms with van der Waals surface area (Å²) in [4.78, 5) is 11.2. The molecule has 0 aliphatic rings. The summed E-state index contributed by atoms with van der Waals surface area (Å²) in [6.45, 7) is 5.45. The fraction of sp³-hybridized carbons (Fsp3) is 0.625. The zero-order valence-corrected chi connectivity index (χ0v) is 17.6. The van der Waals surface area contributed by atoms with E-state index in [0.29, 0.717) is 13.2 Å². The Morgan fingerprint density at radius 2 is 1.22 bits per heavy atom. The molecule has 0 aromatic rings. The molecule has 0 radical (unpaired) electrons. The van der Waals surface area contributed by atoms with Crippen molar-refractivity contribution < 1.29 is 9.53 Å². The first-order chi connectivity index (χ1) is 13.3. The number of alkyl carbamates (subject to hydrolysis) is 1. The minimum Gasteiger partial charge on any atom is -0.450 e. The van der Waals surface area contributed by atoms with E-state index in [1.54, 1.807) is 0 Å². The Morgan fingerprint density at radius 3 is 1.74 bits per heavy atom. The molecule has 154 valence electrons. The molecule has 0 spiro atoms. The second-order valence-corrected chi connectivity index (χ2v) is 6.65. The lowest BCUT2D eigenvalue weighted by Crippen LogP contribution is -2.25. The lowest BCUT2D eigenvalue weighted by molar-refractivity contribution is 0.144. The minimum atomic E-state index is -0.297. The molecular formula is C24H41NO2. The van der Waals surface area contributed by atoms with Crippen LogP contribution in [0.4, 0.5) is 4.79 Å². The van der Waals surface area contributed by atoms with Crippen LogP contribution in [-0.4, -0.2) is 19.2 Å². The molecular weight excluding hydrogens is 334 g/mol. The first-order valence-electron chi connectivity index (χ1n) is 10.8. The number of nitrogens with one attached hydrogen (secondary N) is 1. The third kappa shape index (κ3) is 22.2.